The molecule has 122 valence electrons. The van der Waals surface area contributed by atoms with Crippen LogP contribution < -0.4 is 5.73 Å². The number of nitrogens with zero attached hydrogens (tertiary/aromatic N) is 2. The number of aryl methyl sites for hydroxylation is 1. The Balaban J connectivity index is 2.21. The van der Waals surface area contributed by atoms with Crippen molar-refractivity contribution in [3.8, 4) is 11.1 Å². The molecule has 1 aliphatic carbocycles. The number of nitrogens with two attached hydrogens (primary N) is 1. The summed E-state index contributed by atoms with van der Waals surface area (Å²) in [5.41, 5.74) is 8.69. The number of rotatable bonds is 2. The highest BCUT2D eigenvalue weighted by Gasteiger charge is 2.37. The molecule has 0 aliphatic heterocycles. The van der Waals surface area contributed by atoms with Gasteiger partial charge >= 0.3 is 6.18 Å². The summed E-state index contributed by atoms with van der Waals surface area (Å²) in [6.07, 6.45) is -0.905. The number of nitrogen functional groups attached to an aromatic ring is 1. The number of hydrogen-bond acceptors (Lipinski definition) is 3. The largest absolute Gasteiger partial charge is 0.451 e. The van der Waals surface area contributed by atoms with Crippen LogP contribution in [0.25, 0.3) is 11.1 Å². The summed E-state index contributed by atoms with van der Waals surface area (Å²) in [6.45, 7) is 1.93. The van der Waals surface area contributed by atoms with Crippen molar-refractivity contribution < 1.29 is 13.2 Å². The average Bonchev–Trinajstić information content (AvgIpc) is 2.99. The Morgan fingerprint density at radius 3 is 2.43 bits per heavy atom. The minimum absolute atomic E-state index is 0.0110. The first-order chi connectivity index (χ1) is 10.9. The van der Waals surface area contributed by atoms with Crippen LogP contribution in [0, 0.1) is 6.92 Å². The standard InChI is InChI=1S/C17H18F3N3/c1-10-5-4-8-12(9-10)13-14(11-6-2-3-7-11)22-16(17(18,19)20)23-15(13)21/h4-5,8-9,11H,2-3,6-7H2,1H3,(H2,21,22,23). The maximum atomic E-state index is 13.1. The summed E-state index contributed by atoms with van der Waals surface area (Å²) in [7, 11) is 0. The molecular formula is C17H18F3N3. The lowest BCUT2D eigenvalue weighted by atomic mass is 9.93. The molecule has 0 bridgehead atoms. The van der Waals surface area contributed by atoms with Crippen molar-refractivity contribution in [1.82, 2.24) is 9.97 Å². The molecule has 2 N–H and O–H groups in total. The summed E-state index contributed by atoms with van der Waals surface area (Å²) in [6, 6.07) is 7.54. The third kappa shape index (κ3) is 3.16. The van der Waals surface area contributed by atoms with Crippen molar-refractivity contribution >= 4 is 5.82 Å². The third-order valence-corrected chi connectivity index (χ3v) is 4.27. The van der Waals surface area contributed by atoms with Crippen LogP contribution in [0.4, 0.5) is 19.0 Å². The predicted octanol–water partition coefficient (Wildman–Crippen LogP) is 4.71. The van der Waals surface area contributed by atoms with Gasteiger partial charge in [-0.05, 0) is 25.3 Å². The molecule has 3 rings (SSSR count). The number of halogens is 3. The molecule has 3 nitrogen and oxygen atoms in total. The van der Waals surface area contributed by atoms with E-state index in [0.29, 0.717) is 11.3 Å². The van der Waals surface area contributed by atoms with Crippen LogP contribution in [0.5, 0.6) is 0 Å². The number of aromatic nitrogens is 2. The molecule has 1 fully saturated rings. The summed E-state index contributed by atoms with van der Waals surface area (Å²) in [4.78, 5) is 7.40. The van der Waals surface area contributed by atoms with Gasteiger partial charge < -0.3 is 5.73 Å². The quantitative estimate of drug-likeness (QED) is 0.871. The summed E-state index contributed by atoms with van der Waals surface area (Å²) >= 11 is 0. The monoisotopic (exact) mass is 321 g/mol. The van der Waals surface area contributed by atoms with E-state index in [1.54, 1.807) is 0 Å². The van der Waals surface area contributed by atoms with Crippen LogP contribution in [0.15, 0.2) is 24.3 Å². The maximum absolute atomic E-state index is 13.1. The van der Waals surface area contributed by atoms with E-state index >= 15 is 0 Å². The first-order valence-electron chi connectivity index (χ1n) is 7.68. The first-order valence-corrected chi connectivity index (χ1v) is 7.68. The molecular weight excluding hydrogens is 303 g/mol. The van der Waals surface area contributed by atoms with E-state index in [1.807, 2.05) is 31.2 Å². The Labute approximate surface area is 132 Å². The lowest BCUT2D eigenvalue weighted by molar-refractivity contribution is -0.145. The minimum atomic E-state index is -4.59. The van der Waals surface area contributed by atoms with Crippen LogP contribution in [0.2, 0.25) is 0 Å². The molecule has 1 heterocycles. The molecule has 1 aliphatic rings. The summed E-state index contributed by atoms with van der Waals surface area (Å²) in [5, 5.41) is 0. The van der Waals surface area contributed by atoms with Gasteiger partial charge in [-0.3, -0.25) is 0 Å². The Morgan fingerprint density at radius 2 is 1.83 bits per heavy atom. The van der Waals surface area contributed by atoms with Crippen LogP contribution >= 0.6 is 0 Å². The highest BCUT2D eigenvalue weighted by molar-refractivity contribution is 5.77. The number of alkyl halides is 3. The van der Waals surface area contributed by atoms with Crippen molar-refractivity contribution in [2.24, 2.45) is 0 Å². The Kier molecular flexibility index (Phi) is 4.00. The van der Waals surface area contributed by atoms with Crippen LogP contribution in [-0.4, -0.2) is 9.97 Å². The van der Waals surface area contributed by atoms with Gasteiger partial charge in [-0.2, -0.15) is 13.2 Å². The van der Waals surface area contributed by atoms with Gasteiger partial charge in [0.15, 0.2) is 0 Å². The maximum Gasteiger partial charge on any atom is 0.451 e. The molecule has 0 saturated heterocycles. The Morgan fingerprint density at radius 1 is 1.13 bits per heavy atom. The van der Waals surface area contributed by atoms with Crippen molar-refractivity contribution in [2.75, 3.05) is 5.73 Å². The SMILES string of the molecule is Cc1cccc(-c2c(N)nc(C(F)(F)F)nc2C2CCCC2)c1. The van der Waals surface area contributed by atoms with E-state index in [1.165, 1.54) is 0 Å². The molecule has 0 unspecified atom stereocenters. The van der Waals surface area contributed by atoms with Crippen molar-refractivity contribution in [1.29, 1.82) is 0 Å². The highest BCUT2D eigenvalue weighted by Crippen LogP contribution is 2.41. The zero-order valence-electron chi connectivity index (χ0n) is 12.8. The summed E-state index contributed by atoms with van der Waals surface area (Å²) < 4.78 is 39.2. The third-order valence-electron chi connectivity index (χ3n) is 4.27. The molecule has 6 heteroatoms. The molecule has 1 aromatic carbocycles. The van der Waals surface area contributed by atoms with E-state index < -0.39 is 12.0 Å². The Bertz CT molecular complexity index is 720. The minimum Gasteiger partial charge on any atom is -0.383 e. The van der Waals surface area contributed by atoms with Gasteiger partial charge in [-0.15, -0.1) is 0 Å². The lowest BCUT2D eigenvalue weighted by Gasteiger charge is -2.18. The van der Waals surface area contributed by atoms with Crippen molar-refractivity contribution in [3.05, 3.63) is 41.3 Å². The van der Waals surface area contributed by atoms with Gasteiger partial charge in [0.2, 0.25) is 5.82 Å². The summed E-state index contributed by atoms with van der Waals surface area (Å²) in [5.74, 6) is -1.23. The van der Waals surface area contributed by atoms with E-state index in [2.05, 4.69) is 9.97 Å². The Hall–Kier alpha value is -2.11. The van der Waals surface area contributed by atoms with Crippen LogP contribution in [0.3, 0.4) is 0 Å². The van der Waals surface area contributed by atoms with E-state index in [-0.39, 0.29) is 11.7 Å². The predicted molar refractivity (Wildman–Crippen MR) is 82.8 cm³/mol. The second kappa shape index (κ2) is 5.83. The first kappa shape index (κ1) is 15.8. The second-order valence-corrected chi connectivity index (χ2v) is 6.04. The molecule has 2 aromatic rings. The molecule has 23 heavy (non-hydrogen) atoms. The fourth-order valence-electron chi connectivity index (χ4n) is 3.21. The van der Waals surface area contributed by atoms with E-state index in [4.69, 9.17) is 5.73 Å². The molecule has 0 spiro atoms. The van der Waals surface area contributed by atoms with Gasteiger partial charge in [0.05, 0.1) is 5.69 Å². The molecule has 0 amide bonds. The van der Waals surface area contributed by atoms with Gasteiger partial charge in [-0.1, -0.05) is 42.7 Å². The van der Waals surface area contributed by atoms with Gasteiger partial charge in [0.25, 0.3) is 0 Å². The average molecular weight is 321 g/mol. The molecule has 0 radical (unpaired) electrons. The number of benzene rings is 1. The smallest absolute Gasteiger partial charge is 0.383 e. The zero-order chi connectivity index (χ0) is 16.6. The molecule has 0 atom stereocenters. The topological polar surface area (TPSA) is 51.8 Å². The van der Waals surface area contributed by atoms with Gasteiger partial charge in [-0.25, -0.2) is 9.97 Å². The zero-order valence-corrected chi connectivity index (χ0v) is 12.8. The van der Waals surface area contributed by atoms with Gasteiger partial charge in [0, 0.05) is 11.5 Å². The van der Waals surface area contributed by atoms with Crippen LogP contribution in [-0.2, 0) is 6.18 Å². The number of anilines is 1. The highest BCUT2D eigenvalue weighted by atomic mass is 19.4. The van der Waals surface area contributed by atoms with E-state index in [9.17, 15) is 13.2 Å². The van der Waals surface area contributed by atoms with Crippen LogP contribution in [0.1, 0.15) is 48.7 Å². The number of hydrogen-bond donors (Lipinski definition) is 1. The fraction of sp³-hybridized carbons (Fsp3) is 0.412. The second-order valence-electron chi connectivity index (χ2n) is 6.04. The lowest BCUT2D eigenvalue weighted by Crippen LogP contribution is -2.16. The van der Waals surface area contributed by atoms with Crippen molar-refractivity contribution in [3.63, 3.8) is 0 Å². The van der Waals surface area contributed by atoms with E-state index in [0.717, 1.165) is 36.8 Å². The van der Waals surface area contributed by atoms with Crippen molar-refractivity contribution in [2.45, 2.75) is 44.7 Å². The fourth-order valence-corrected chi connectivity index (χ4v) is 3.21. The normalized spacial score (nSPS) is 16.0. The van der Waals surface area contributed by atoms with Gasteiger partial charge in [0.1, 0.15) is 5.82 Å². The molecule has 1 aromatic heterocycles. The molecule has 1 saturated carbocycles.